The number of nitrogens with zero attached hydrogens (tertiary/aromatic N) is 2. The van der Waals surface area contributed by atoms with Gasteiger partial charge in [0.15, 0.2) is 4.87 Å². The van der Waals surface area contributed by atoms with Crippen molar-refractivity contribution in [2.75, 3.05) is 17.2 Å². The third-order valence-corrected chi connectivity index (χ3v) is 6.19. The van der Waals surface area contributed by atoms with Gasteiger partial charge in [-0.1, -0.05) is 36.4 Å². The van der Waals surface area contributed by atoms with Crippen LogP contribution in [-0.4, -0.2) is 29.0 Å². The van der Waals surface area contributed by atoms with Crippen molar-refractivity contribution >= 4 is 29.3 Å². The van der Waals surface area contributed by atoms with Gasteiger partial charge in [-0.25, -0.2) is 4.39 Å². The molecule has 2 amide bonds. The van der Waals surface area contributed by atoms with Gasteiger partial charge in [-0.2, -0.15) is 0 Å². The first-order valence-electron chi connectivity index (χ1n) is 8.13. The van der Waals surface area contributed by atoms with Gasteiger partial charge >= 0.3 is 0 Å². The summed E-state index contributed by atoms with van der Waals surface area (Å²) in [5, 5.41) is 0. The second-order valence-corrected chi connectivity index (χ2v) is 7.45. The van der Waals surface area contributed by atoms with Crippen molar-refractivity contribution in [2.24, 2.45) is 0 Å². The molecule has 0 aromatic heterocycles. The Morgan fingerprint density at radius 3 is 2.68 bits per heavy atom. The molecule has 2 aromatic rings. The molecule has 4 rings (SSSR count). The maximum Gasteiger partial charge on any atom is 0.268 e. The summed E-state index contributed by atoms with van der Waals surface area (Å²) in [5.74, 6) is 0.0690. The Hall–Kier alpha value is -2.34. The van der Waals surface area contributed by atoms with Crippen LogP contribution in [0.1, 0.15) is 18.1 Å². The van der Waals surface area contributed by atoms with E-state index in [1.165, 1.54) is 24.8 Å². The van der Waals surface area contributed by atoms with Gasteiger partial charge in [0.05, 0.1) is 12.2 Å². The van der Waals surface area contributed by atoms with Crippen LogP contribution in [-0.2, 0) is 21.0 Å². The molecular weight excluding hydrogens is 339 g/mol. The van der Waals surface area contributed by atoms with Gasteiger partial charge in [0.2, 0.25) is 5.91 Å². The monoisotopic (exact) mass is 356 g/mol. The first-order valence-corrected chi connectivity index (χ1v) is 9.11. The van der Waals surface area contributed by atoms with E-state index < -0.39 is 4.87 Å². The number of fused-ring (bicyclic) bond motifs is 2. The molecule has 1 spiro atoms. The molecular formula is C19H17FN2O2S. The summed E-state index contributed by atoms with van der Waals surface area (Å²) < 4.78 is 14.1. The molecule has 128 valence electrons. The van der Waals surface area contributed by atoms with Gasteiger partial charge in [-0.15, -0.1) is 11.8 Å². The maximum atomic E-state index is 14.1. The average molecular weight is 356 g/mol. The lowest BCUT2D eigenvalue weighted by atomic mass is 10.1. The average Bonchev–Trinajstić information content (AvgIpc) is 3.15. The highest BCUT2D eigenvalue weighted by Crippen LogP contribution is 2.54. The fourth-order valence-electron chi connectivity index (χ4n) is 3.66. The fourth-order valence-corrected chi connectivity index (χ4v) is 5.16. The van der Waals surface area contributed by atoms with Crippen molar-refractivity contribution in [3.63, 3.8) is 0 Å². The van der Waals surface area contributed by atoms with Crippen LogP contribution in [0.15, 0.2) is 48.5 Å². The highest BCUT2D eigenvalue weighted by Gasteiger charge is 2.58. The van der Waals surface area contributed by atoms with Crippen LogP contribution >= 0.6 is 11.8 Å². The summed E-state index contributed by atoms with van der Waals surface area (Å²) in [4.78, 5) is 27.8. The zero-order valence-electron chi connectivity index (χ0n) is 13.7. The van der Waals surface area contributed by atoms with Crippen LogP contribution in [0.25, 0.3) is 0 Å². The van der Waals surface area contributed by atoms with Gasteiger partial charge in [-0.3, -0.25) is 9.59 Å². The molecule has 0 radical (unpaired) electrons. The Morgan fingerprint density at radius 1 is 1.20 bits per heavy atom. The molecule has 2 aliphatic rings. The second-order valence-electron chi connectivity index (χ2n) is 6.16. The standard InChI is InChI=1S/C19H17FN2O2S/c1-13(23)22-10-11-25-19(22)15-7-3-5-9-17(15)21(18(19)24)12-14-6-2-4-8-16(14)20/h2-9H,10-12H2,1H3. The number of anilines is 1. The maximum absolute atomic E-state index is 14.1. The van der Waals surface area contributed by atoms with E-state index in [0.29, 0.717) is 17.9 Å². The number of thioether (sulfide) groups is 1. The predicted octanol–water partition coefficient (Wildman–Crippen LogP) is 3.12. The zero-order valence-corrected chi connectivity index (χ0v) is 14.6. The van der Waals surface area contributed by atoms with Crippen LogP contribution in [0.5, 0.6) is 0 Å². The van der Waals surface area contributed by atoms with E-state index >= 15 is 0 Å². The molecule has 4 nitrogen and oxygen atoms in total. The molecule has 0 bridgehead atoms. The zero-order chi connectivity index (χ0) is 17.6. The molecule has 1 unspecified atom stereocenters. The Balaban J connectivity index is 1.82. The molecule has 1 atom stereocenters. The van der Waals surface area contributed by atoms with Crippen LogP contribution in [0.2, 0.25) is 0 Å². The van der Waals surface area contributed by atoms with Gasteiger partial charge in [-0.05, 0) is 12.1 Å². The number of carbonyl (C=O) groups is 2. The highest BCUT2D eigenvalue weighted by atomic mass is 32.2. The Labute approximate surface area is 149 Å². The van der Waals surface area contributed by atoms with Crippen molar-refractivity contribution < 1.29 is 14.0 Å². The molecule has 2 aromatic carbocycles. The summed E-state index contributed by atoms with van der Waals surface area (Å²) in [7, 11) is 0. The molecule has 0 aliphatic carbocycles. The Bertz CT molecular complexity index is 872. The summed E-state index contributed by atoms with van der Waals surface area (Å²) in [5.41, 5.74) is 2.02. The van der Waals surface area contributed by atoms with Crippen molar-refractivity contribution in [2.45, 2.75) is 18.3 Å². The number of hydrogen-bond acceptors (Lipinski definition) is 3. The summed E-state index contributed by atoms with van der Waals surface area (Å²) in [6, 6.07) is 13.9. The van der Waals surface area contributed by atoms with Crippen molar-refractivity contribution in [1.82, 2.24) is 4.90 Å². The van der Waals surface area contributed by atoms with Gasteiger partial charge in [0.1, 0.15) is 5.82 Å². The normalized spacial score (nSPS) is 21.9. The Morgan fingerprint density at radius 2 is 1.92 bits per heavy atom. The fraction of sp³-hybridized carbons (Fsp3) is 0.263. The van der Waals surface area contributed by atoms with E-state index in [9.17, 15) is 14.0 Å². The van der Waals surface area contributed by atoms with Crippen LogP contribution in [0.4, 0.5) is 10.1 Å². The lowest BCUT2D eigenvalue weighted by Gasteiger charge is -2.32. The van der Waals surface area contributed by atoms with E-state index in [-0.39, 0.29) is 24.2 Å². The first kappa shape index (κ1) is 16.1. The van der Waals surface area contributed by atoms with Crippen molar-refractivity contribution in [3.8, 4) is 0 Å². The first-order chi connectivity index (χ1) is 12.1. The predicted molar refractivity (Wildman–Crippen MR) is 95.6 cm³/mol. The molecule has 6 heteroatoms. The number of para-hydroxylation sites is 1. The quantitative estimate of drug-likeness (QED) is 0.830. The van der Waals surface area contributed by atoms with E-state index in [1.54, 1.807) is 28.0 Å². The number of benzene rings is 2. The van der Waals surface area contributed by atoms with Gasteiger partial charge in [0, 0.05) is 30.3 Å². The molecule has 0 N–H and O–H groups in total. The van der Waals surface area contributed by atoms with E-state index in [0.717, 1.165) is 11.3 Å². The highest BCUT2D eigenvalue weighted by molar-refractivity contribution is 8.01. The number of rotatable bonds is 2. The van der Waals surface area contributed by atoms with Crippen LogP contribution < -0.4 is 4.90 Å². The molecule has 2 heterocycles. The number of hydrogen-bond donors (Lipinski definition) is 0. The molecule has 1 saturated heterocycles. The molecule has 2 aliphatic heterocycles. The largest absolute Gasteiger partial charge is 0.315 e. The van der Waals surface area contributed by atoms with Crippen LogP contribution in [0, 0.1) is 5.82 Å². The molecule has 0 saturated carbocycles. The third kappa shape index (κ3) is 2.28. The van der Waals surface area contributed by atoms with Crippen molar-refractivity contribution in [1.29, 1.82) is 0 Å². The smallest absolute Gasteiger partial charge is 0.268 e. The van der Waals surface area contributed by atoms with E-state index in [1.807, 2.05) is 24.3 Å². The van der Waals surface area contributed by atoms with Crippen LogP contribution in [0.3, 0.4) is 0 Å². The summed E-state index contributed by atoms with van der Waals surface area (Å²) >= 11 is 1.48. The van der Waals surface area contributed by atoms with E-state index in [4.69, 9.17) is 0 Å². The SMILES string of the molecule is CC(=O)N1CCSC12C(=O)N(Cc1ccccc1F)c1ccccc12. The summed E-state index contributed by atoms with van der Waals surface area (Å²) in [6.07, 6.45) is 0. The number of carbonyl (C=O) groups excluding carboxylic acids is 2. The third-order valence-electron chi connectivity index (χ3n) is 4.77. The minimum absolute atomic E-state index is 0.124. The van der Waals surface area contributed by atoms with Crippen molar-refractivity contribution in [3.05, 3.63) is 65.5 Å². The van der Waals surface area contributed by atoms with E-state index in [2.05, 4.69) is 0 Å². The van der Waals surface area contributed by atoms with Gasteiger partial charge in [0.25, 0.3) is 5.91 Å². The lowest BCUT2D eigenvalue weighted by molar-refractivity contribution is -0.138. The minimum atomic E-state index is -1.02. The second kappa shape index (κ2) is 5.88. The molecule has 25 heavy (non-hydrogen) atoms. The topological polar surface area (TPSA) is 40.6 Å². The molecule has 1 fully saturated rings. The van der Waals surface area contributed by atoms with Gasteiger partial charge < -0.3 is 9.80 Å². The summed E-state index contributed by atoms with van der Waals surface area (Å²) in [6.45, 7) is 2.17. The number of halogens is 1. The number of amides is 2. The lowest BCUT2D eigenvalue weighted by Crippen LogP contribution is -2.49. The Kier molecular flexibility index (Phi) is 3.80. The minimum Gasteiger partial charge on any atom is -0.315 e.